The van der Waals surface area contributed by atoms with Gasteiger partial charge < -0.3 is 4.74 Å². The highest BCUT2D eigenvalue weighted by Gasteiger charge is 2.37. The van der Waals surface area contributed by atoms with Crippen molar-refractivity contribution >= 4 is 11.6 Å². The molecule has 4 rings (SSSR count). The summed E-state index contributed by atoms with van der Waals surface area (Å²) in [5.74, 6) is 5.83. The zero-order chi connectivity index (χ0) is 26.0. The molecule has 1 fully saturated rings. The number of pyridine rings is 1. The highest BCUT2D eigenvalue weighted by atomic mass is 35.5. The van der Waals surface area contributed by atoms with Crippen LogP contribution in [0.4, 0.5) is 13.2 Å². The van der Waals surface area contributed by atoms with Gasteiger partial charge in [0.05, 0.1) is 5.57 Å². The molecule has 0 radical (unpaired) electrons. The van der Waals surface area contributed by atoms with Crippen molar-refractivity contribution in [3.63, 3.8) is 0 Å². The van der Waals surface area contributed by atoms with Gasteiger partial charge in [-0.05, 0) is 74.5 Å². The molecular weight excluding hydrogens is 485 g/mol. The topological polar surface area (TPSA) is 25.4 Å². The van der Waals surface area contributed by atoms with Gasteiger partial charge in [0.2, 0.25) is 0 Å². The average molecular weight is 517 g/mol. The number of hydrogen-bond donors (Lipinski definition) is 0. The number of nitrogens with zero attached hydrogens (tertiary/aromatic N) is 2. The number of ether oxygens (including phenoxy) is 1. The van der Waals surface area contributed by atoms with Crippen molar-refractivity contribution in [1.29, 1.82) is 0 Å². The fraction of sp³-hybridized carbons (Fsp3) is 0.414. The first-order chi connectivity index (χ1) is 17.4. The fourth-order valence-corrected chi connectivity index (χ4v) is 4.24. The van der Waals surface area contributed by atoms with E-state index >= 15 is 0 Å². The van der Waals surface area contributed by atoms with Crippen LogP contribution in [0.1, 0.15) is 51.6 Å². The predicted octanol–water partition coefficient (Wildman–Crippen LogP) is 7.82. The third-order valence-corrected chi connectivity index (χ3v) is 6.20. The molecular formula is C29H32ClF3N2O. The smallest absolute Gasteiger partial charge is 0.419 e. The Morgan fingerprint density at radius 2 is 1.64 bits per heavy atom. The molecule has 0 amide bonds. The lowest BCUT2D eigenvalue weighted by molar-refractivity contribution is -0.0920. The van der Waals surface area contributed by atoms with Crippen LogP contribution >= 0.6 is 11.6 Å². The van der Waals surface area contributed by atoms with Gasteiger partial charge in [0.25, 0.3) is 0 Å². The molecule has 3 nitrogen and oxygen atoms in total. The van der Waals surface area contributed by atoms with Crippen molar-refractivity contribution in [3.8, 4) is 23.0 Å². The Bertz CT molecular complexity index is 1100. The van der Waals surface area contributed by atoms with Crippen LogP contribution in [0.5, 0.6) is 0 Å². The van der Waals surface area contributed by atoms with Crippen LogP contribution in [0.15, 0.2) is 65.6 Å². The van der Waals surface area contributed by atoms with Gasteiger partial charge in [0, 0.05) is 35.3 Å². The average Bonchev–Trinajstić information content (AvgIpc) is 3.30. The van der Waals surface area contributed by atoms with Crippen LogP contribution in [0.3, 0.4) is 0 Å². The minimum Gasteiger partial charge on any atom is -0.496 e. The molecule has 0 unspecified atom stereocenters. The minimum atomic E-state index is -4.49. The Balaban J connectivity index is 0.00000176. The van der Waals surface area contributed by atoms with Gasteiger partial charge in [-0.15, -0.1) is 0 Å². The zero-order valence-electron chi connectivity index (χ0n) is 20.8. The maximum Gasteiger partial charge on any atom is 0.419 e. The lowest BCUT2D eigenvalue weighted by Gasteiger charge is -2.18. The molecule has 0 saturated carbocycles. The molecule has 1 saturated heterocycles. The molecule has 0 spiro atoms. The molecule has 0 N–H and O–H groups in total. The van der Waals surface area contributed by atoms with Gasteiger partial charge >= 0.3 is 6.18 Å². The van der Waals surface area contributed by atoms with Crippen LogP contribution in [0.25, 0.3) is 11.1 Å². The molecule has 1 aromatic heterocycles. The molecule has 36 heavy (non-hydrogen) atoms. The number of hydrogen-bond acceptors (Lipinski definition) is 3. The van der Waals surface area contributed by atoms with Crippen LogP contribution in [0, 0.1) is 11.8 Å². The van der Waals surface area contributed by atoms with Crippen molar-refractivity contribution in [2.24, 2.45) is 0 Å². The van der Waals surface area contributed by atoms with E-state index in [1.807, 2.05) is 32.0 Å². The van der Waals surface area contributed by atoms with Gasteiger partial charge in [0.15, 0.2) is 0 Å². The Morgan fingerprint density at radius 1 is 0.944 bits per heavy atom. The number of likely N-dealkylation sites (tertiary alicyclic amines) is 1. The summed E-state index contributed by atoms with van der Waals surface area (Å²) < 4.78 is 47.1. The third kappa shape index (κ3) is 8.15. The fourth-order valence-electron chi connectivity index (χ4n) is 4.12. The van der Waals surface area contributed by atoms with Crippen LogP contribution < -0.4 is 0 Å². The van der Waals surface area contributed by atoms with Gasteiger partial charge in [-0.3, -0.25) is 4.90 Å². The second-order valence-corrected chi connectivity index (χ2v) is 8.88. The molecule has 1 aliphatic heterocycles. The quantitative estimate of drug-likeness (QED) is 0.379. The predicted molar refractivity (Wildman–Crippen MR) is 140 cm³/mol. The van der Waals surface area contributed by atoms with E-state index in [-0.39, 0.29) is 18.8 Å². The summed E-state index contributed by atoms with van der Waals surface area (Å²) in [6.45, 7) is 6.90. The molecule has 0 atom stereocenters. The van der Waals surface area contributed by atoms with Crippen molar-refractivity contribution in [3.05, 3.63) is 76.3 Å². The first-order valence-electron chi connectivity index (χ1n) is 12.5. The molecule has 1 aromatic carbocycles. The molecule has 0 bridgehead atoms. The Labute approximate surface area is 217 Å². The van der Waals surface area contributed by atoms with E-state index in [2.05, 4.69) is 21.7 Å². The van der Waals surface area contributed by atoms with Gasteiger partial charge in [-0.2, -0.15) is 13.2 Å². The van der Waals surface area contributed by atoms with E-state index in [4.69, 9.17) is 16.3 Å². The van der Waals surface area contributed by atoms with Crippen LogP contribution in [-0.4, -0.2) is 42.3 Å². The van der Waals surface area contributed by atoms with Gasteiger partial charge in [-0.25, -0.2) is 4.98 Å². The number of benzene rings is 1. The lowest BCUT2D eigenvalue weighted by Crippen LogP contribution is -2.24. The summed E-state index contributed by atoms with van der Waals surface area (Å²) in [5.41, 5.74) is 2.10. The number of aromatic nitrogens is 1. The maximum absolute atomic E-state index is 13.8. The van der Waals surface area contributed by atoms with Gasteiger partial charge in [0.1, 0.15) is 18.1 Å². The van der Waals surface area contributed by atoms with E-state index in [1.54, 1.807) is 24.4 Å². The number of allylic oxidation sites excluding steroid dienone is 4. The minimum absolute atomic E-state index is 0.0222. The summed E-state index contributed by atoms with van der Waals surface area (Å²) in [6, 6.07) is 11.1. The lowest BCUT2D eigenvalue weighted by atomic mass is 10.1. The molecule has 192 valence electrons. The van der Waals surface area contributed by atoms with Crippen molar-refractivity contribution in [2.45, 2.75) is 52.1 Å². The van der Waals surface area contributed by atoms with Crippen LogP contribution in [0.2, 0.25) is 5.02 Å². The first kappa shape index (κ1) is 27.8. The number of halogens is 4. The monoisotopic (exact) mass is 516 g/mol. The molecule has 2 aliphatic rings. The molecule has 2 aromatic rings. The standard InChI is InChI=1S/C27H26ClF3N2O.C2H6/c28-23-10-7-21(8-11-23)22-9-13-24(32-19-22)12-6-20-4-3-5-26(25(18-20)27(29,30)31)34-17-16-33-14-1-2-15-33;1-2/h7-11,13,18-19H,1-5,14-17H2;1-2H3. The van der Waals surface area contributed by atoms with E-state index in [1.165, 1.54) is 0 Å². The Morgan fingerprint density at radius 3 is 2.28 bits per heavy atom. The van der Waals surface area contributed by atoms with Crippen molar-refractivity contribution < 1.29 is 17.9 Å². The van der Waals surface area contributed by atoms with Crippen LogP contribution in [-0.2, 0) is 4.74 Å². The third-order valence-electron chi connectivity index (χ3n) is 5.95. The van der Waals surface area contributed by atoms with E-state index in [0.717, 1.165) is 43.1 Å². The van der Waals surface area contributed by atoms with E-state index in [0.29, 0.717) is 35.7 Å². The molecule has 2 heterocycles. The first-order valence-corrected chi connectivity index (χ1v) is 12.9. The van der Waals surface area contributed by atoms with Crippen molar-refractivity contribution in [1.82, 2.24) is 9.88 Å². The molecule has 7 heteroatoms. The zero-order valence-corrected chi connectivity index (χ0v) is 21.6. The van der Waals surface area contributed by atoms with Crippen molar-refractivity contribution in [2.75, 3.05) is 26.2 Å². The van der Waals surface area contributed by atoms with E-state index < -0.39 is 11.7 Å². The largest absolute Gasteiger partial charge is 0.496 e. The number of rotatable bonds is 5. The summed E-state index contributed by atoms with van der Waals surface area (Å²) in [7, 11) is 0. The second-order valence-electron chi connectivity index (χ2n) is 8.44. The number of alkyl halides is 3. The normalized spacial score (nSPS) is 16.3. The molecule has 1 aliphatic carbocycles. The second kappa shape index (κ2) is 13.5. The Kier molecular flexibility index (Phi) is 10.5. The SMILES string of the molecule is CC.FC(F)(F)C1=C(OCCN2CCCC2)CCCC(C#Cc2ccc(-c3ccc(Cl)cc3)cn2)=C1. The highest BCUT2D eigenvalue weighted by Crippen LogP contribution is 2.35. The summed E-state index contributed by atoms with van der Waals surface area (Å²) >= 11 is 5.93. The Hall–Kier alpha value is -2.75. The maximum atomic E-state index is 13.8. The van der Waals surface area contributed by atoms with E-state index in [9.17, 15) is 13.2 Å². The summed E-state index contributed by atoms with van der Waals surface area (Å²) in [5, 5.41) is 0.656. The van der Waals surface area contributed by atoms with Gasteiger partial charge in [-0.1, -0.05) is 49.6 Å². The summed E-state index contributed by atoms with van der Waals surface area (Å²) in [6.07, 6.45) is 1.91. The summed E-state index contributed by atoms with van der Waals surface area (Å²) in [4.78, 5) is 6.57. The highest BCUT2D eigenvalue weighted by molar-refractivity contribution is 6.30.